The van der Waals surface area contributed by atoms with E-state index in [0.29, 0.717) is 6.04 Å². The molecule has 0 amide bonds. The molecule has 1 aromatic carbocycles. The van der Waals surface area contributed by atoms with E-state index in [1.807, 2.05) is 30.9 Å². The summed E-state index contributed by atoms with van der Waals surface area (Å²) in [6, 6.07) is 11.5. The summed E-state index contributed by atoms with van der Waals surface area (Å²) in [5, 5.41) is 8.22. The fraction of sp³-hybridized carbons (Fsp3) is 0.238. The van der Waals surface area contributed by atoms with Gasteiger partial charge in [-0.1, -0.05) is 18.2 Å². The molecule has 5 heteroatoms. The lowest BCUT2D eigenvalue weighted by Crippen LogP contribution is -2.25. The Kier molecular flexibility index (Phi) is 3.79. The normalized spacial score (nSPS) is 14.3. The van der Waals surface area contributed by atoms with E-state index in [9.17, 15) is 0 Å². The first-order valence-electron chi connectivity index (χ1n) is 9.09. The first kappa shape index (κ1) is 15.3. The Balaban J connectivity index is 1.41. The summed E-state index contributed by atoms with van der Waals surface area (Å²) in [4.78, 5) is 10.3. The van der Waals surface area contributed by atoms with E-state index in [1.54, 1.807) is 0 Å². The molecule has 0 spiro atoms. The highest BCUT2D eigenvalue weighted by atomic mass is 15.2. The predicted octanol–water partition coefficient (Wildman–Crippen LogP) is 4.12. The number of benzene rings is 1. The average molecular weight is 343 g/mol. The molecule has 0 radical (unpaired) electrons. The molecule has 5 rings (SSSR count). The zero-order chi connectivity index (χ0) is 17.3. The summed E-state index contributed by atoms with van der Waals surface area (Å²) >= 11 is 0. The first-order valence-corrected chi connectivity index (χ1v) is 9.09. The van der Waals surface area contributed by atoms with Crippen LogP contribution in [0.2, 0.25) is 0 Å². The van der Waals surface area contributed by atoms with Crippen LogP contribution in [-0.2, 0) is 13.1 Å². The van der Waals surface area contributed by atoms with Crippen LogP contribution >= 0.6 is 0 Å². The fourth-order valence-corrected chi connectivity index (χ4v) is 3.60. The van der Waals surface area contributed by atoms with Gasteiger partial charge in [0.2, 0.25) is 0 Å². The van der Waals surface area contributed by atoms with Crippen LogP contribution in [0.25, 0.3) is 22.0 Å². The molecule has 3 aromatic heterocycles. The quantitative estimate of drug-likeness (QED) is 0.554. The van der Waals surface area contributed by atoms with E-state index in [1.165, 1.54) is 40.4 Å². The summed E-state index contributed by atoms with van der Waals surface area (Å²) in [6.45, 7) is 1.92. The van der Waals surface area contributed by atoms with Gasteiger partial charge in [-0.15, -0.1) is 0 Å². The van der Waals surface area contributed by atoms with E-state index < -0.39 is 0 Å². The van der Waals surface area contributed by atoms with Crippen LogP contribution in [-0.4, -0.2) is 31.1 Å². The van der Waals surface area contributed by atoms with Gasteiger partial charge in [-0.05, 0) is 41.7 Å². The van der Waals surface area contributed by atoms with Gasteiger partial charge in [-0.3, -0.25) is 15.0 Å². The maximum absolute atomic E-state index is 4.26. The summed E-state index contributed by atoms with van der Waals surface area (Å²) in [5.74, 6) is 0. The molecule has 0 saturated heterocycles. The van der Waals surface area contributed by atoms with Crippen molar-refractivity contribution >= 4 is 10.9 Å². The van der Waals surface area contributed by atoms with Gasteiger partial charge in [0.25, 0.3) is 0 Å². The molecule has 1 aliphatic carbocycles. The van der Waals surface area contributed by atoms with Gasteiger partial charge in [0.1, 0.15) is 0 Å². The second-order valence-corrected chi connectivity index (χ2v) is 7.06. The molecule has 0 unspecified atom stereocenters. The summed E-state index contributed by atoms with van der Waals surface area (Å²) < 4.78 is 0. The van der Waals surface area contributed by atoms with Crippen LogP contribution in [0, 0.1) is 0 Å². The molecule has 1 fully saturated rings. The standard InChI is InChI=1S/C21H21N5/c1-2-15(9-22-7-1)13-26(19-4-5-19)14-18-10-23-21-8-16(3-6-20(18)21)17-11-24-25-12-17/h1-3,6-12,19,23H,4-5,13-14H2,(H,24,25). The van der Waals surface area contributed by atoms with Crippen molar-refractivity contribution in [2.75, 3.05) is 0 Å². The maximum atomic E-state index is 4.26. The van der Waals surface area contributed by atoms with Crippen LogP contribution < -0.4 is 0 Å². The van der Waals surface area contributed by atoms with E-state index >= 15 is 0 Å². The molecule has 0 bridgehead atoms. The van der Waals surface area contributed by atoms with E-state index in [4.69, 9.17) is 0 Å². The number of H-pyrrole nitrogens is 2. The Morgan fingerprint density at radius 1 is 1.04 bits per heavy atom. The van der Waals surface area contributed by atoms with Gasteiger partial charge in [0, 0.05) is 60.4 Å². The Morgan fingerprint density at radius 2 is 2.00 bits per heavy atom. The monoisotopic (exact) mass is 343 g/mol. The van der Waals surface area contributed by atoms with Crippen molar-refractivity contribution in [2.24, 2.45) is 0 Å². The third kappa shape index (κ3) is 3.02. The van der Waals surface area contributed by atoms with Crippen molar-refractivity contribution in [2.45, 2.75) is 32.0 Å². The molecule has 1 saturated carbocycles. The Labute approximate surface area is 152 Å². The lowest BCUT2D eigenvalue weighted by atomic mass is 10.1. The summed E-state index contributed by atoms with van der Waals surface area (Å²) in [7, 11) is 0. The Hall–Kier alpha value is -2.92. The molecule has 130 valence electrons. The van der Waals surface area contributed by atoms with Crippen LogP contribution in [0.3, 0.4) is 0 Å². The summed E-state index contributed by atoms with van der Waals surface area (Å²) in [6.07, 6.45) is 12.3. The number of nitrogens with zero attached hydrogens (tertiary/aromatic N) is 3. The highest BCUT2D eigenvalue weighted by Gasteiger charge is 2.29. The number of hydrogen-bond acceptors (Lipinski definition) is 3. The van der Waals surface area contributed by atoms with E-state index in [0.717, 1.165) is 18.7 Å². The molecular formula is C21H21N5. The van der Waals surface area contributed by atoms with Crippen LogP contribution in [0.4, 0.5) is 0 Å². The molecule has 26 heavy (non-hydrogen) atoms. The van der Waals surface area contributed by atoms with Crippen LogP contribution in [0.5, 0.6) is 0 Å². The molecule has 4 aromatic rings. The average Bonchev–Trinajstić information content (AvgIpc) is 3.23. The highest BCUT2D eigenvalue weighted by Crippen LogP contribution is 2.32. The van der Waals surface area contributed by atoms with Crippen molar-refractivity contribution in [3.05, 3.63) is 72.4 Å². The molecular weight excluding hydrogens is 322 g/mol. The molecule has 5 nitrogen and oxygen atoms in total. The minimum atomic E-state index is 0.699. The van der Waals surface area contributed by atoms with Gasteiger partial charge in [0.05, 0.1) is 6.20 Å². The van der Waals surface area contributed by atoms with Gasteiger partial charge >= 0.3 is 0 Å². The first-order chi connectivity index (χ1) is 12.9. The number of rotatable bonds is 6. The topological polar surface area (TPSA) is 60.6 Å². The van der Waals surface area contributed by atoms with Crippen molar-refractivity contribution in [1.29, 1.82) is 0 Å². The third-order valence-corrected chi connectivity index (χ3v) is 5.14. The van der Waals surface area contributed by atoms with Gasteiger partial charge < -0.3 is 4.98 Å². The number of hydrogen-bond donors (Lipinski definition) is 2. The predicted molar refractivity (Wildman–Crippen MR) is 102 cm³/mol. The minimum Gasteiger partial charge on any atom is -0.361 e. The fourth-order valence-electron chi connectivity index (χ4n) is 3.60. The Bertz CT molecular complexity index is 1000. The third-order valence-electron chi connectivity index (χ3n) is 5.14. The number of fused-ring (bicyclic) bond motifs is 1. The van der Waals surface area contributed by atoms with Gasteiger partial charge in [-0.25, -0.2) is 0 Å². The molecule has 1 aliphatic rings. The van der Waals surface area contributed by atoms with Crippen molar-refractivity contribution in [1.82, 2.24) is 25.1 Å². The van der Waals surface area contributed by atoms with Crippen LogP contribution in [0.15, 0.2) is 61.3 Å². The smallest absolute Gasteiger partial charge is 0.0565 e. The molecule has 0 aliphatic heterocycles. The molecule has 2 N–H and O–H groups in total. The second kappa shape index (κ2) is 6.42. The summed E-state index contributed by atoms with van der Waals surface area (Å²) in [5.41, 5.74) is 6.10. The van der Waals surface area contributed by atoms with E-state index in [2.05, 4.69) is 55.5 Å². The number of aromatic amines is 2. The zero-order valence-electron chi connectivity index (χ0n) is 14.5. The second-order valence-electron chi connectivity index (χ2n) is 7.06. The lowest BCUT2D eigenvalue weighted by Gasteiger charge is -2.21. The minimum absolute atomic E-state index is 0.699. The van der Waals surface area contributed by atoms with Gasteiger partial charge in [0.15, 0.2) is 0 Å². The van der Waals surface area contributed by atoms with Crippen molar-refractivity contribution < 1.29 is 0 Å². The highest BCUT2D eigenvalue weighted by molar-refractivity contribution is 5.87. The number of pyridine rings is 1. The molecule has 3 heterocycles. The molecule has 0 atom stereocenters. The van der Waals surface area contributed by atoms with Crippen LogP contribution in [0.1, 0.15) is 24.0 Å². The van der Waals surface area contributed by atoms with E-state index in [-0.39, 0.29) is 0 Å². The number of aromatic nitrogens is 4. The Morgan fingerprint density at radius 3 is 2.77 bits per heavy atom. The maximum Gasteiger partial charge on any atom is 0.0565 e. The lowest BCUT2D eigenvalue weighted by molar-refractivity contribution is 0.246. The largest absolute Gasteiger partial charge is 0.361 e. The van der Waals surface area contributed by atoms with Crippen molar-refractivity contribution in [3.8, 4) is 11.1 Å². The SMILES string of the molecule is c1cncc(CN(Cc2c[nH]c3cc(-c4cn[nH]c4)ccc23)C2CC2)c1. The zero-order valence-corrected chi connectivity index (χ0v) is 14.5. The number of nitrogens with one attached hydrogen (secondary N) is 2. The van der Waals surface area contributed by atoms with Gasteiger partial charge in [-0.2, -0.15) is 5.10 Å². The van der Waals surface area contributed by atoms with Crippen molar-refractivity contribution in [3.63, 3.8) is 0 Å².